The molecule has 96 valence electrons. The molecule has 0 radical (unpaired) electrons. The summed E-state index contributed by atoms with van der Waals surface area (Å²) in [6.07, 6.45) is 0. The van der Waals surface area contributed by atoms with E-state index >= 15 is 0 Å². The van der Waals surface area contributed by atoms with Gasteiger partial charge in [-0.05, 0) is 17.7 Å². The number of rotatable bonds is 5. The summed E-state index contributed by atoms with van der Waals surface area (Å²) in [7, 11) is 0. The molecule has 1 aliphatic rings. The molecule has 1 aromatic carbocycles. The largest absolute Gasteiger partial charge is 0.492 e. The number of carbonyl (C=O) groups excluding carboxylic acids is 2. The molecule has 0 unspecified atom stereocenters. The van der Waals surface area contributed by atoms with Crippen molar-refractivity contribution in [3.05, 3.63) is 29.8 Å². The van der Waals surface area contributed by atoms with Crippen LogP contribution >= 0.6 is 0 Å². The highest BCUT2D eigenvalue weighted by molar-refractivity contribution is 6.01. The number of imide groups is 1. The molecule has 1 aliphatic heterocycles. The van der Waals surface area contributed by atoms with Crippen molar-refractivity contribution in [2.75, 3.05) is 19.7 Å². The Balaban J connectivity index is 1.81. The lowest BCUT2D eigenvalue weighted by Gasteiger charge is -2.13. The molecule has 0 spiro atoms. The monoisotopic (exact) mass is 249 g/mol. The molecule has 0 bridgehead atoms. The summed E-state index contributed by atoms with van der Waals surface area (Å²) in [5, 5.41) is 2.45. The summed E-state index contributed by atoms with van der Waals surface area (Å²) in [6, 6.07) is 7.02. The van der Waals surface area contributed by atoms with Crippen LogP contribution in [0.4, 0.5) is 4.79 Å². The zero-order valence-corrected chi connectivity index (χ0v) is 9.89. The number of hydrogen-bond acceptors (Lipinski definition) is 4. The summed E-state index contributed by atoms with van der Waals surface area (Å²) in [5.74, 6) is 0.473. The lowest BCUT2D eigenvalue weighted by molar-refractivity contribution is -0.125. The van der Waals surface area contributed by atoms with E-state index in [9.17, 15) is 9.59 Å². The van der Waals surface area contributed by atoms with Crippen LogP contribution in [0.1, 0.15) is 5.56 Å². The van der Waals surface area contributed by atoms with Crippen molar-refractivity contribution in [2.24, 2.45) is 5.73 Å². The minimum Gasteiger partial charge on any atom is -0.492 e. The van der Waals surface area contributed by atoms with Crippen molar-refractivity contribution in [3.63, 3.8) is 0 Å². The standard InChI is InChI=1S/C12H15N3O3/c13-7-9-1-3-10(4-2-9)18-6-5-15-11(16)8-14-12(15)17/h1-4H,5-8,13H2,(H,14,17). The molecule has 0 aliphatic carbocycles. The second kappa shape index (κ2) is 5.50. The van der Waals surface area contributed by atoms with E-state index < -0.39 is 0 Å². The van der Waals surface area contributed by atoms with E-state index in [0.29, 0.717) is 12.3 Å². The third-order valence-electron chi connectivity index (χ3n) is 2.68. The average molecular weight is 249 g/mol. The van der Waals surface area contributed by atoms with E-state index in [0.717, 1.165) is 10.5 Å². The Morgan fingerprint density at radius 2 is 2.00 bits per heavy atom. The maximum absolute atomic E-state index is 11.3. The normalized spacial score (nSPS) is 14.8. The molecule has 0 saturated carbocycles. The highest BCUT2D eigenvalue weighted by Gasteiger charge is 2.27. The van der Waals surface area contributed by atoms with Crippen LogP contribution in [0.2, 0.25) is 0 Å². The maximum atomic E-state index is 11.3. The number of urea groups is 1. The van der Waals surface area contributed by atoms with E-state index in [-0.39, 0.29) is 31.6 Å². The highest BCUT2D eigenvalue weighted by Crippen LogP contribution is 2.11. The number of benzene rings is 1. The van der Waals surface area contributed by atoms with Gasteiger partial charge in [0.05, 0.1) is 13.1 Å². The molecule has 0 aromatic heterocycles. The predicted octanol–water partition coefficient (Wildman–Crippen LogP) is 0.0759. The van der Waals surface area contributed by atoms with Gasteiger partial charge in [0, 0.05) is 6.54 Å². The number of ether oxygens (including phenoxy) is 1. The van der Waals surface area contributed by atoms with Crippen molar-refractivity contribution >= 4 is 11.9 Å². The third-order valence-corrected chi connectivity index (χ3v) is 2.68. The molecular formula is C12H15N3O3. The van der Waals surface area contributed by atoms with Crippen LogP contribution in [0.25, 0.3) is 0 Å². The topological polar surface area (TPSA) is 84.7 Å². The molecule has 18 heavy (non-hydrogen) atoms. The fourth-order valence-electron chi connectivity index (χ4n) is 1.66. The molecule has 1 saturated heterocycles. The van der Waals surface area contributed by atoms with Crippen LogP contribution < -0.4 is 15.8 Å². The van der Waals surface area contributed by atoms with Crippen LogP contribution in [-0.2, 0) is 11.3 Å². The average Bonchev–Trinajstić information content (AvgIpc) is 2.71. The van der Waals surface area contributed by atoms with Gasteiger partial charge in [0.2, 0.25) is 5.91 Å². The highest BCUT2D eigenvalue weighted by atomic mass is 16.5. The minimum absolute atomic E-state index is 0.0734. The molecule has 0 atom stereocenters. The van der Waals surface area contributed by atoms with Gasteiger partial charge in [-0.15, -0.1) is 0 Å². The van der Waals surface area contributed by atoms with Crippen LogP contribution in [0, 0.1) is 0 Å². The second-order valence-electron chi connectivity index (χ2n) is 3.90. The zero-order valence-electron chi connectivity index (χ0n) is 9.89. The number of hydrogen-bond donors (Lipinski definition) is 2. The van der Waals surface area contributed by atoms with Gasteiger partial charge in [-0.2, -0.15) is 0 Å². The molecule has 2 rings (SSSR count). The second-order valence-corrected chi connectivity index (χ2v) is 3.90. The van der Waals surface area contributed by atoms with E-state index in [1.165, 1.54) is 0 Å². The number of nitrogens with zero attached hydrogens (tertiary/aromatic N) is 1. The fraction of sp³-hybridized carbons (Fsp3) is 0.333. The van der Waals surface area contributed by atoms with Gasteiger partial charge in [0.15, 0.2) is 0 Å². The smallest absolute Gasteiger partial charge is 0.324 e. The Labute approximate surface area is 105 Å². The molecule has 1 fully saturated rings. The van der Waals surface area contributed by atoms with Crippen LogP contribution in [0.5, 0.6) is 5.75 Å². The van der Waals surface area contributed by atoms with Crippen LogP contribution in [0.15, 0.2) is 24.3 Å². The third kappa shape index (κ3) is 2.78. The van der Waals surface area contributed by atoms with Gasteiger partial charge in [0.25, 0.3) is 0 Å². The molecule has 1 aromatic rings. The van der Waals surface area contributed by atoms with E-state index in [1.807, 2.05) is 24.3 Å². The first-order chi connectivity index (χ1) is 8.70. The first-order valence-electron chi connectivity index (χ1n) is 5.70. The lowest BCUT2D eigenvalue weighted by atomic mass is 10.2. The van der Waals surface area contributed by atoms with Gasteiger partial charge in [-0.25, -0.2) is 4.79 Å². The Kier molecular flexibility index (Phi) is 3.78. The molecule has 3 amide bonds. The van der Waals surface area contributed by atoms with E-state index in [4.69, 9.17) is 10.5 Å². The van der Waals surface area contributed by atoms with Crippen molar-refractivity contribution in [2.45, 2.75) is 6.54 Å². The number of nitrogens with two attached hydrogens (primary N) is 1. The first kappa shape index (κ1) is 12.4. The van der Waals surface area contributed by atoms with Crippen molar-refractivity contribution in [3.8, 4) is 5.75 Å². The Hall–Kier alpha value is -2.08. The van der Waals surface area contributed by atoms with Gasteiger partial charge in [-0.3, -0.25) is 9.69 Å². The lowest BCUT2D eigenvalue weighted by Crippen LogP contribution is -2.34. The van der Waals surface area contributed by atoms with E-state index in [1.54, 1.807) is 0 Å². The summed E-state index contributed by atoms with van der Waals surface area (Å²) in [5.41, 5.74) is 6.51. The molecule has 1 heterocycles. The van der Waals surface area contributed by atoms with Crippen LogP contribution in [-0.4, -0.2) is 36.5 Å². The molecular weight excluding hydrogens is 234 g/mol. The fourth-order valence-corrected chi connectivity index (χ4v) is 1.66. The first-order valence-corrected chi connectivity index (χ1v) is 5.70. The summed E-state index contributed by atoms with van der Waals surface area (Å²) < 4.78 is 5.45. The van der Waals surface area contributed by atoms with Gasteiger partial charge in [-0.1, -0.05) is 12.1 Å². The number of carbonyl (C=O) groups is 2. The Bertz CT molecular complexity index is 428. The Morgan fingerprint density at radius 1 is 1.28 bits per heavy atom. The predicted molar refractivity (Wildman–Crippen MR) is 64.9 cm³/mol. The quantitative estimate of drug-likeness (QED) is 0.723. The van der Waals surface area contributed by atoms with E-state index in [2.05, 4.69) is 5.32 Å². The number of nitrogens with one attached hydrogen (secondary N) is 1. The maximum Gasteiger partial charge on any atom is 0.324 e. The minimum atomic E-state index is -0.359. The number of amides is 3. The Morgan fingerprint density at radius 3 is 2.56 bits per heavy atom. The van der Waals surface area contributed by atoms with Crippen molar-refractivity contribution in [1.82, 2.24) is 10.2 Å². The van der Waals surface area contributed by atoms with Crippen molar-refractivity contribution < 1.29 is 14.3 Å². The van der Waals surface area contributed by atoms with Crippen LogP contribution in [0.3, 0.4) is 0 Å². The molecule has 6 heteroatoms. The molecule has 6 nitrogen and oxygen atoms in total. The molecule has 3 N–H and O–H groups in total. The summed E-state index contributed by atoms with van der Waals surface area (Å²) in [6.45, 7) is 1.09. The summed E-state index contributed by atoms with van der Waals surface area (Å²) in [4.78, 5) is 23.7. The van der Waals surface area contributed by atoms with Gasteiger partial charge < -0.3 is 15.8 Å². The summed E-state index contributed by atoms with van der Waals surface area (Å²) >= 11 is 0. The van der Waals surface area contributed by atoms with Crippen molar-refractivity contribution in [1.29, 1.82) is 0 Å². The van der Waals surface area contributed by atoms with Gasteiger partial charge in [0.1, 0.15) is 12.4 Å². The van der Waals surface area contributed by atoms with Gasteiger partial charge >= 0.3 is 6.03 Å². The zero-order chi connectivity index (χ0) is 13.0. The SMILES string of the molecule is NCc1ccc(OCCN2C(=O)CNC2=O)cc1.